The zero-order chi connectivity index (χ0) is 19.5. The van der Waals surface area contributed by atoms with Gasteiger partial charge in [0, 0.05) is 32.4 Å². The summed E-state index contributed by atoms with van der Waals surface area (Å²) in [4.78, 5) is 3.12. The van der Waals surface area contributed by atoms with E-state index in [9.17, 15) is 17.2 Å². The maximum absolute atomic E-state index is 13.8. The van der Waals surface area contributed by atoms with E-state index in [1.807, 2.05) is 62.3 Å². The second kappa shape index (κ2) is 8.11. The molecule has 0 saturated heterocycles. The highest BCUT2D eigenvalue weighted by atomic mass is 32.2. The van der Waals surface area contributed by atoms with E-state index in [1.54, 1.807) is 0 Å². The van der Waals surface area contributed by atoms with Crippen LogP contribution in [0.1, 0.15) is 11.6 Å². The minimum atomic E-state index is -4.17. The molecular formula is C18H23F2N3O2S. The van der Waals surface area contributed by atoms with Crippen LogP contribution < -0.4 is 9.62 Å². The fraction of sp³-hybridized carbons (Fsp3) is 0.333. The minimum absolute atomic E-state index is 0.0204. The predicted octanol–water partition coefficient (Wildman–Crippen LogP) is 2.61. The van der Waals surface area contributed by atoms with Crippen LogP contribution in [-0.2, 0) is 10.0 Å². The first-order chi connectivity index (χ1) is 12.1. The average molecular weight is 383 g/mol. The van der Waals surface area contributed by atoms with E-state index in [4.69, 9.17) is 0 Å². The molecule has 8 heteroatoms. The maximum Gasteiger partial charge on any atom is 0.243 e. The number of hydrogen-bond donors (Lipinski definition) is 1. The Labute approximate surface area is 153 Å². The molecule has 2 rings (SSSR count). The molecule has 1 N–H and O–H groups in total. The van der Waals surface area contributed by atoms with E-state index in [2.05, 4.69) is 4.72 Å². The fourth-order valence-electron chi connectivity index (χ4n) is 2.54. The van der Waals surface area contributed by atoms with Crippen LogP contribution in [0.3, 0.4) is 0 Å². The first-order valence-corrected chi connectivity index (χ1v) is 9.48. The number of hydrogen-bond acceptors (Lipinski definition) is 4. The summed E-state index contributed by atoms with van der Waals surface area (Å²) in [6, 6.07) is 9.79. The highest BCUT2D eigenvalue weighted by Crippen LogP contribution is 2.22. The lowest BCUT2D eigenvalue weighted by molar-refractivity contribution is 0.299. The first kappa shape index (κ1) is 20.3. The van der Waals surface area contributed by atoms with Gasteiger partial charge in [-0.25, -0.2) is 21.9 Å². The third-order valence-electron chi connectivity index (χ3n) is 4.07. The average Bonchev–Trinajstić information content (AvgIpc) is 2.57. The SMILES string of the molecule is CN(C)c1ccc([C@H](CNS(=O)(=O)c2cc(F)ccc2F)N(C)C)cc1. The standard InChI is InChI=1S/C18H23F2N3O2S/c1-22(2)15-8-5-13(6-9-15)17(23(3)4)12-21-26(24,25)18-11-14(19)7-10-16(18)20/h5-11,17,21H,12H2,1-4H3/t17-/m0/s1. The number of halogens is 2. The molecule has 0 radical (unpaired) electrons. The Morgan fingerprint density at radius 2 is 1.62 bits per heavy atom. The Morgan fingerprint density at radius 3 is 2.15 bits per heavy atom. The van der Waals surface area contributed by atoms with Gasteiger partial charge in [0.2, 0.25) is 10.0 Å². The van der Waals surface area contributed by atoms with Crippen molar-refractivity contribution in [2.45, 2.75) is 10.9 Å². The lowest BCUT2D eigenvalue weighted by Crippen LogP contribution is -2.35. The molecule has 0 saturated carbocycles. The van der Waals surface area contributed by atoms with Crippen LogP contribution in [0.5, 0.6) is 0 Å². The summed E-state index contributed by atoms with van der Waals surface area (Å²) in [5.41, 5.74) is 1.93. The number of benzene rings is 2. The van der Waals surface area contributed by atoms with Crippen molar-refractivity contribution in [3.05, 3.63) is 59.7 Å². The molecule has 26 heavy (non-hydrogen) atoms. The van der Waals surface area contributed by atoms with Crippen molar-refractivity contribution in [3.8, 4) is 0 Å². The Balaban J connectivity index is 2.21. The molecule has 0 aliphatic rings. The van der Waals surface area contributed by atoms with E-state index in [1.165, 1.54) is 0 Å². The molecule has 0 unspecified atom stereocenters. The van der Waals surface area contributed by atoms with Crippen LogP contribution in [-0.4, -0.2) is 48.1 Å². The Kier molecular flexibility index (Phi) is 6.33. The Morgan fingerprint density at radius 1 is 1.00 bits per heavy atom. The third-order valence-corrected chi connectivity index (χ3v) is 5.51. The number of likely N-dealkylation sites (N-methyl/N-ethyl adjacent to an activating group) is 1. The van der Waals surface area contributed by atoms with E-state index in [0.717, 1.165) is 23.4 Å². The van der Waals surface area contributed by atoms with Gasteiger partial charge < -0.3 is 9.80 Å². The van der Waals surface area contributed by atoms with Gasteiger partial charge in [0.15, 0.2) is 0 Å². The van der Waals surface area contributed by atoms with Gasteiger partial charge in [-0.2, -0.15) is 0 Å². The first-order valence-electron chi connectivity index (χ1n) is 8.00. The molecule has 0 spiro atoms. The Hall–Kier alpha value is -2.03. The summed E-state index contributed by atoms with van der Waals surface area (Å²) in [7, 11) is 3.33. The van der Waals surface area contributed by atoms with Crippen LogP contribution in [0.4, 0.5) is 14.5 Å². The maximum atomic E-state index is 13.8. The minimum Gasteiger partial charge on any atom is -0.378 e. The third kappa shape index (κ3) is 4.78. The molecule has 1 atom stereocenters. The lowest BCUT2D eigenvalue weighted by atomic mass is 10.1. The number of nitrogens with zero attached hydrogens (tertiary/aromatic N) is 2. The lowest BCUT2D eigenvalue weighted by Gasteiger charge is -2.25. The highest BCUT2D eigenvalue weighted by molar-refractivity contribution is 7.89. The molecular weight excluding hydrogens is 360 g/mol. The van der Waals surface area contributed by atoms with Crippen molar-refractivity contribution >= 4 is 15.7 Å². The van der Waals surface area contributed by atoms with Crippen molar-refractivity contribution in [1.29, 1.82) is 0 Å². The van der Waals surface area contributed by atoms with Crippen LogP contribution in [0.15, 0.2) is 47.4 Å². The van der Waals surface area contributed by atoms with Crippen molar-refractivity contribution in [2.75, 3.05) is 39.6 Å². The zero-order valence-electron chi connectivity index (χ0n) is 15.2. The number of anilines is 1. The summed E-state index contributed by atoms with van der Waals surface area (Å²) in [6.07, 6.45) is 0. The molecule has 0 aliphatic heterocycles. The smallest absolute Gasteiger partial charge is 0.243 e. The molecule has 0 amide bonds. The van der Waals surface area contributed by atoms with Crippen LogP contribution in [0.2, 0.25) is 0 Å². The van der Waals surface area contributed by atoms with Gasteiger partial charge in [0.25, 0.3) is 0 Å². The van der Waals surface area contributed by atoms with Crippen LogP contribution >= 0.6 is 0 Å². The van der Waals surface area contributed by atoms with Crippen LogP contribution in [0.25, 0.3) is 0 Å². The monoisotopic (exact) mass is 383 g/mol. The molecule has 0 fully saturated rings. The van der Waals surface area contributed by atoms with E-state index >= 15 is 0 Å². The molecule has 0 aromatic heterocycles. The molecule has 2 aromatic rings. The van der Waals surface area contributed by atoms with Crippen molar-refractivity contribution in [2.24, 2.45) is 0 Å². The van der Waals surface area contributed by atoms with E-state index in [-0.39, 0.29) is 12.6 Å². The summed E-state index contributed by atoms with van der Waals surface area (Å²) in [5, 5.41) is 0. The molecule has 0 heterocycles. The van der Waals surface area contributed by atoms with E-state index < -0.39 is 26.6 Å². The van der Waals surface area contributed by atoms with Crippen molar-refractivity contribution in [1.82, 2.24) is 9.62 Å². The van der Waals surface area contributed by atoms with Gasteiger partial charge in [-0.1, -0.05) is 12.1 Å². The largest absolute Gasteiger partial charge is 0.378 e. The number of sulfonamides is 1. The molecule has 0 aliphatic carbocycles. The molecule has 2 aromatic carbocycles. The predicted molar refractivity (Wildman–Crippen MR) is 98.7 cm³/mol. The van der Waals surface area contributed by atoms with Crippen molar-refractivity contribution in [3.63, 3.8) is 0 Å². The van der Waals surface area contributed by atoms with Gasteiger partial charge in [0.1, 0.15) is 16.5 Å². The number of rotatable bonds is 7. The fourth-order valence-corrected chi connectivity index (χ4v) is 3.67. The quantitative estimate of drug-likeness (QED) is 0.799. The second-order valence-electron chi connectivity index (χ2n) is 6.39. The van der Waals surface area contributed by atoms with Crippen molar-refractivity contribution < 1.29 is 17.2 Å². The van der Waals surface area contributed by atoms with Crippen LogP contribution in [0, 0.1) is 11.6 Å². The van der Waals surface area contributed by atoms with E-state index in [0.29, 0.717) is 6.07 Å². The second-order valence-corrected chi connectivity index (χ2v) is 8.13. The summed E-state index contributed by atoms with van der Waals surface area (Å²) >= 11 is 0. The molecule has 0 bridgehead atoms. The highest BCUT2D eigenvalue weighted by Gasteiger charge is 2.23. The Bertz CT molecular complexity index is 853. The summed E-state index contributed by atoms with van der Waals surface area (Å²) in [6.45, 7) is 0.0204. The summed E-state index contributed by atoms with van der Waals surface area (Å²) in [5.74, 6) is -1.80. The van der Waals surface area contributed by atoms with Gasteiger partial charge in [-0.3, -0.25) is 0 Å². The van der Waals surface area contributed by atoms with Gasteiger partial charge in [-0.15, -0.1) is 0 Å². The topological polar surface area (TPSA) is 52.7 Å². The zero-order valence-corrected chi connectivity index (χ0v) is 16.0. The molecule has 142 valence electrons. The van der Waals surface area contributed by atoms with Gasteiger partial charge in [-0.05, 0) is 50.0 Å². The normalized spacial score (nSPS) is 13.0. The summed E-state index contributed by atoms with van der Waals surface area (Å²) < 4.78 is 54.2. The van der Waals surface area contributed by atoms with Gasteiger partial charge in [0.05, 0.1) is 0 Å². The van der Waals surface area contributed by atoms with Gasteiger partial charge >= 0.3 is 0 Å². The number of nitrogens with one attached hydrogen (secondary N) is 1. The molecule has 5 nitrogen and oxygen atoms in total.